The van der Waals surface area contributed by atoms with Crippen molar-refractivity contribution in [3.05, 3.63) is 0 Å². The van der Waals surface area contributed by atoms with Crippen LogP contribution in [0.5, 0.6) is 0 Å². The van der Waals surface area contributed by atoms with Gasteiger partial charge in [-0.15, -0.1) is 0 Å². The molecular weight excluding hydrogens is 134 g/mol. The number of hydrogen-bond acceptors (Lipinski definition) is 2. The molecule has 0 fully saturated rings. The van der Waals surface area contributed by atoms with Gasteiger partial charge in [0, 0.05) is 13.0 Å². The third-order valence-corrected chi connectivity index (χ3v) is 0.930. The topological polar surface area (TPSA) is 66.4 Å². The summed E-state index contributed by atoms with van der Waals surface area (Å²) < 4.78 is 0. The molecule has 0 unspecified atom stereocenters. The Balaban J connectivity index is 3.53. The van der Waals surface area contributed by atoms with Crippen LogP contribution >= 0.6 is 0 Å². The van der Waals surface area contributed by atoms with Crippen molar-refractivity contribution in [1.82, 2.24) is 5.32 Å². The number of carbonyl (C=O) groups excluding carboxylic acids is 1. The fraction of sp³-hybridized carbons (Fsp3) is 0.667. The van der Waals surface area contributed by atoms with E-state index in [2.05, 4.69) is 5.32 Å². The Bertz CT molecular complexity index is 128. The van der Waals surface area contributed by atoms with Crippen LogP contribution in [0.15, 0.2) is 0 Å². The molecule has 0 radical (unpaired) electrons. The lowest BCUT2D eigenvalue weighted by Crippen LogP contribution is -2.32. The van der Waals surface area contributed by atoms with Crippen molar-refractivity contribution in [3.8, 4) is 0 Å². The Morgan fingerprint density at radius 1 is 1.60 bits per heavy atom. The predicted octanol–water partition coefficient (Wildman–Crippen LogP) is -0.0143. The molecule has 0 rings (SSSR count). The van der Waals surface area contributed by atoms with Gasteiger partial charge in [-0.2, -0.15) is 0 Å². The monoisotopic (exact) mass is 145 g/mol. The van der Waals surface area contributed by atoms with E-state index in [1.165, 1.54) is 6.92 Å². The molecule has 0 heterocycles. The molecule has 0 saturated heterocycles. The van der Waals surface area contributed by atoms with Gasteiger partial charge < -0.3 is 10.4 Å². The van der Waals surface area contributed by atoms with Crippen molar-refractivity contribution in [2.45, 2.75) is 26.3 Å². The zero-order valence-electron chi connectivity index (χ0n) is 6.05. The molecule has 1 atom stereocenters. The zero-order chi connectivity index (χ0) is 8.15. The van der Waals surface area contributed by atoms with Gasteiger partial charge in [0.15, 0.2) is 0 Å². The van der Waals surface area contributed by atoms with Crippen molar-refractivity contribution >= 4 is 11.9 Å². The smallest absolute Gasteiger partial charge is 0.305 e. The second-order valence-corrected chi connectivity index (χ2v) is 2.20. The summed E-state index contributed by atoms with van der Waals surface area (Å²) in [6.45, 7) is 3.01. The zero-order valence-corrected chi connectivity index (χ0v) is 6.05. The van der Waals surface area contributed by atoms with Gasteiger partial charge in [-0.3, -0.25) is 9.59 Å². The first-order chi connectivity index (χ1) is 4.52. The number of aliphatic carboxylic acids is 1. The average molecular weight is 145 g/mol. The number of amides is 1. The number of hydrogen-bond donors (Lipinski definition) is 2. The molecule has 58 valence electrons. The summed E-state index contributed by atoms with van der Waals surface area (Å²) in [4.78, 5) is 20.4. The highest BCUT2D eigenvalue weighted by atomic mass is 16.4. The van der Waals surface area contributed by atoms with Crippen LogP contribution in [0.1, 0.15) is 20.3 Å². The summed E-state index contributed by atoms with van der Waals surface area (Å²) in [7, 11) is 0. The van der Waals surface area contributed by atoms with E-state index in [1.54, 1.807) is 6.92 Å². The molecule has 2 N–H and O–H groups in total. The summed E-state index contributed by atoms with van der Waals surface area (Å²) in [6.07, 6.45) is -0.0282. The van der Waals surface area contributed by atoms with Crippen LogP contribution in [-0.4, -0.2) is 23.0 Å². The molecule has 0 spiro atoms. The number of carboxylic acid groups (broad SMARTS) is 1. The number of rotatable bonds is 3. The standard InChI is InChI=1S/C6H11NO3/c1-4(3-6(9)10)7-5(2)8/h4H,3H2,1-2H3,(H,7,8)(H,9,10)/t4-/m1/s1. The van der Waals surface area contributed by atoms with E-state index in [-0.39, 0.29) is 18.4 Å². The van der Waals surface area contributed by atoms with E-state index < -0.39 is 5.97 Å². The summed E-state index contributed by atoms with van der Waals surface area (Å²) >= 11 is 0. The van der Waals surface area contributed by atoms with E-state index in [9.17, 15) is 9.59 Å². The molecule has 0 aliphatic rings. The molecule has 4 nitrogen and oxygen atoms in total. The fourth-order valence-electron chi connectivity index (χ4n) is 0.660. The minimum Gasteiger partial charge on any atom is -0.481 e. The first-order valence-corrected chi connectivity index (χ1v) is 3.01. The Morgan fingerprint density at radius 3 is 2.40 bits per heavy atom. The van der Waals surface area contributed by atoms with Crippen LogP contribution < -0.4 is 5.32 Å². The Kier molecular flexibility index (Phi) is 3.46. The van der Waals surface area contributed by atoms with Crippen LogP contribution in [-0.2, 0) is 9.59 Å². The van der Waals surface area contributed by atoms with Crippen molar-refractivity contribution in [1.29, 1.82) is 0 Å². The molecule has 0 aliphatic carbocycles. The van der Waals surface area contributed by atoms with Gasteiger partial charge in [-0.05, 0) is 6.92 Å². The number of nitrogens with one attached hydrogen (secondary N) is 1. The van der Waals surface area contributed by atoms with Crippen LogP contribution in [0.3, 0.4) is 0 Å². The maximum absolute atomic E-state index is 10.3. The largest absolute Gasteiger partial charge is 0.481 e. The maximum Gasteiger partial charge on any atom is 0.305 e. The number of carboxylic acids is 1. The average Bonchev–Trinajstić information content (AvgIpc) is 1.58. The van der Waals surface area contributed by atoms with Crippen molar-refractivity contribution in [3.63, 3.8) is 0 Å². The lowest BCUT2D eigenvalue weighted by Gasteiger charge is -2.07. The quantitative estimate of drug-likeness (QED) is 0.586. The third-order valence-electron chi connectivity index (χ3n) is 0.930. The second kappa shape index (κ2) is 3.87. The Morgan fingerprint density at radius 2 is 2.10 bits per heavy atom. The molecule has 0 aliphatic heterocycles. The van der Waals surface area contributed by atoms with Gasteiger partial charge in [0.2, 0.25) is 5.91 Å². The summed E-state index contributed by atoms with van der Waals surface area (Å²) in [5.74, 6) is -1.10. The number of carbonyl (C=O) groups is 2. The predicted molar refractivity (Wildman–Crippen MR) is 35.5 cm³/mol. The molecular formula is C6H11NO3. The van der Waals surface area contributed by atoms with Crippen molar-refractivity contribution in [2.75, 3.05) is 0 Å². The fourth-order valence-corrected chi connectivity index (χ4v) is 0.660. The lowest BCUT2D eigenvalue weighted by atomic mass is 10.2. The van der Waals surface area contributed by atoms with Crippen LogP contribution in [0.4, 0.5) is 0 Å². The minimum atomic E-state index is -0.902. The lowest BCUT2D eigenvalue weighted by molar-refractivity contribution is -0.137. The van der Waals surface area contributed by atoms with E-state index in [4.69, 9.17) is 5.11 Å². The normalized spacial score (nSPS) is 12.2. The van der Waals surface area contributed by atoms with Crippen molar-refractivity contribution in [2.24, 2.45) is 0 Å². The Labute approximate surface area is 59.2 Å². The van der Waals surface area contributed by atoms with Crippen LogP contribution in [0.2, 0.25) is 0 Å². The Hall–Kier alpha value is -1.06. The van der Waals surface area contributed by atoms with Gasteiger partial charge in [0.25, 0.3) is 0 Å². The van der Waals surface area contributed by atoms with Gasteiger partial charge in [-0.1, -0.05) is 0 Å². The minimum absolute atomic E-state index is 0.0282. The van der Waals surface area contributed by atoms with Gasteiger partial charge in [-0.25, -0.2) is 0 Å². The second-order valence-electron chi connectivity index (χ2n) is 2.20. The third kappa shape index (κ3) is 5.08. The van der Waals surface area contributed by atoms with Crippen LogP contribution in [0.25, 0.3) is 0 Å². The molecule has 4 heteroatoms. The van der Waals surface area contributed by atoms with Crippen LogP contribution in [0, 0.1) is 0 Å². The van der Waals surface area contributed by atoms with E-state index in [0.717, 1.165) is 0 Å². The molecule has 0 bridgehead atoms. The van der Waals surface area contributed by atoms with Gasteiger partial charge >= 0.3 is 5.97 Å². The highest BCUT2D eigenvalue weighted by molar-refractivity contribution is 5.74. The highest BCUT2D eigenvalue weighted by Gasteiger charge is 2.06. The SMILES string of the molecule is CC(=O)N[C@H](C)CC(=O)O. The first kappa shape index (κ1) is 8.94. The molecule has 1 amide bonds. The molecule has 0 aromatic carbocycles. The highest BCUT2D eigenvalue weighted by Crippen LogP contribution is 1.88. The summed E-state index contributed by atoms with van der Waals surface area (Å²) in [5, 5.41) is 10.7. The van der Waals surface area contributed by atoms with Crippen molar-refractivity contribution < 1.29 is 14.7 Å². The van der Waals surface area contributed by atoms with E-state index in [1.807, 2.05) is 0 Å². The molecule has 0 saturated carbocycles. The molecule has 10 heavy (non-hydrogen) atoms. The van der Waals surface area contributed by atoms with E-state index in [0.29, 0.717) is 0 Å². The van der Waals surface area contributed by atoms with E-state index >= 15 is 0 Å². The summed E-state index contributed by atoms with van der Waals surface area (Å²) in [5.41, 5.74) is 0. The molecule has 0 aromatic rings. The van der Waals surface area contributed by atoms with Gasteiger partial charge in [0.05, 0.1) is 6.42 Å². The molecule has 0 aromatic heterocycles. The maximum atomic E-state index is 10.3. The summed E-state index contributed by atoms with van der Waals surface area (Å²) in [6, 6.07) is -0.282. The first-order valence-electron chi connectivity index (χ1n) is 3.01. The van der Waals surface area contributed by atoms with Gasteiger partial charge in [0.1, 0.15) is 0 Å².